The highest BCUT2D eigenvalue weighted by molar-refractivity contribution is 5.79. The van der Waals surface area contributed by atoms with Crippen LogP contribution in [0.15, 0.2) is 29.3 Å². The van der Waals surface area contributed by atoms with Gasteiger partial charge in [-0.25, -0.2) is 4.39 Å². The van der Waals surface area contributed by atoms with Crippen molar-refractivity contribution in [1.29, 1.82) is 0 Å². The molecule has 4 nitrogen and oxygen atoms in total. The SMILES string of the molecule is CCNC(=NCC1(CCOCC)CC1)N(C)Cc1ccc(F)cc1. The second-order valence-corrected chi connectivity index (χ2v) is 6.60. The summed E-state index contributed by atoms with van der Waals surface area (Å²) in [4.78, 5) is 6.93. The number of hydrogen-bond acceptors (Lipinski definition) is 2. The zero-order valence-electron chi connectivity index (χ0n) is 15.1. The molecular weight excluding hydrogens is 305 g/mol. The number of benzene rings is 1. The summed E-state index contributed by atoms with van der Waals surface area (Å²) in [6.45, 7) is 8.10. The van der Waals surface area contributed by atoms with Gasteiger partial charge in [-0.15, -0.1) is 0 Å². The maximum absolute atomic E-state index is 13.0. The van der Waals surface area contributed by atoms with Crippen molar-refractivity contribution in [3.8, 4) is 0 Å². The third-order valence-corrected chi connectivity index (χ3v) is 4.53. The summed E-state index contributed by atoms with van der Waals surface area (Å²) in [6, 6.07) is 6.64. The molecule has 0 radical (unpaired) electrons. The topological polar surface area (TPSA) is 36.9 Å². The smallest absolute Gasteiger partial charge is 0.193 e. The first kappa shape index (κ1) is 18.7. The van der Waals surface area contributed by atoms with Gasteiger partial charge in [0.25, 0.3) is 0 Å². The van der Waals surface area contributed by atoms with Gasteiger partial charge < -0.3 is 15.0 Å². The van der Waals surface area contributed by atoms with Crippen LogP contribution in [0.5, 0.6) is 0 Å². The van der Waals surface area contributed by atoms with E-state index in [4.69, 9.17) is 9.73 Å². The van der Waals surface area contributed by atoms with Crippen molar-refractivity contribution in [2.75, 3.05) is 33.4 Å². The molecule has 1 saturated carbocycles. The molecule has 0 aliphatic heterocycles. The largest absolute Gasteiger partial charge is 0.382 e. The zero-order chi connectivity index (χ0) is 17.4. The van der Waals surface area contributed by atoms with Crippen molar-refractivity contribution in [3.63, 3.8) is 0 Å². The van der Waals surface area contributed by atoms with E-state index in [-0.39, 0.29) is 5.82 Å². The van der Waals surface area contributed by atoms with Crippen LogP contribution < -0.4 is 5.32 Å². The van der Waals surface area contributed by atoms with Crippen LogP contribution in [0.3, 0.4) is 0 Å². The first-order valence-electron chi connectivity index (χ1n) is 8.90. The minimum absolute atomic E-state index is 0.202. The molecule has 1 fully saturated rings. The summed E-state index contributed by atoms with van der Waals surface area (Å²) in [7, 11) is 2.02. The van der Waals surface area contributed by atoms with Gasteiger partial charge in [-0.1, -0.05) is 12.1 Å². The molecule has 0 saturated heterocycles. The third kappa shape index (κ3) is 5.78. The molecule has 2 rings (SSSR count). The number of rotatable bonds is 9. The van der Waals surface area contributed by atoms with Crippen LogP contribution in [0.25, 0.3) is 0 Å². The Morgan fingerprint density at radius 3 is 2.58 bits per heavy atom. The van der Waals surface area contributed by atoms with Gasteiger partial charge in [-0.3, -0.25) is 4.99 Å². The van der Waals surface area contributed by atoms with Crippen LogP contribution in [0.2, 0.25) is 0 Å². The molecule has 0 heterocycles. The van der Waals surface area contributed by atoms with Crippen molar-refractivity contribution in [2.24, 2.45) is 10.4 Å². The van der Waals surface area contributed by atoms with Crippen LogP contribution in [0.4, 0.5) is 4.39 Å². The second kappa shape index (κ2) is 9.02. The fourth-order valence-corrected chi connectivity index (χ4v) is 2.75. The standard InChI is InChI=1S/C19H30FN3O/c1-4-21-18(22-15-19(10-11-19)12-13-24-5-2)23(3)14-16-6-8-17(20)9-7-16/h6-9H,4-5,10-15H2,1-3H3,(H,21,22). The van der Waals surface area contributed by atoms with Crippen LogP contribution in [-0.4, -0.2) is 44.2 Å². The second-order valence-electron chi connectivity index (χ2n) is 6.60. The van der Waals surface area contributed by atoms with E-state index >= 15 is 0 Å². The van der Waals surface area contributed by atoms with E-state index < -0.39 is 0 Å². The Morgan fingerprint density at radius 2 is 2.00 bits per heavy atom. The minimum atomic E-state index is -0.202. The van der Waals surface area contributed by atoms with Crippen molar-refractivity contribution in [2.45, 2.75) is 39.7 Å². The maximum Gasteiger partial charge on any atom is 0.193 e. The molecule has 1 aromatic carbocycles. The molecule has 0 aromatic heterocycles. The Balaban J connectivity index is 1.93. The minimum Gasteiger partial charge on any atom is -0.382 e. The summed E-state index contributed by atoms with van der Waals surface area (Å²) in [6.07, 6.45) is 3.57. The van der Waals surface area contributed by atoms with Crippen LogP contribution >= 0.6 is 0 Å². The van der Waals surface area contributed by atoms with Gasteiger partial charge in [-0.2, -0.15) is 0 Å². The van der Waals surface area contributed by atoms with Gasteiger partial charge in [0.2, 0.25) is 0 Å². The highest BCUT2D eigenvalue weighted by atomic mass is 19.1. The Kier molecular flexibility index (Phi) is 7.03. The van der Waals surface area contributed by atoms with E-state index in [2.05, 4.69) is 17.1 Å². The molecule has 1 N–H and O–H groups in total. The van der Waals surface area contributed by atoms with Crippen LogP contribution in [-0.2, 0) is 11.3 Å². The van der Waals surface area contributed by atoms with Crippen molar-refractivity contribution >= 4 is 5.96 Å². The first-order valence-corrected chi connectivity index (χ1v) is 8.90. The molecule has 1 aromatic rings. The van der Waals surface area contributed by atoms with E-state index in [0.29, 0.717) is 12.0 Å². The molecule has 0 spiro atoms. The number of nitrogens with one attached hydrogen (secondary N) is 1. The third-order valence-electron chi connectivity index (χ3n) is 4.53. The fourth-order valence-electron chi connectivity index (χ4n) is 2.75. The summed E-state index contributed by atoms with van der Waals surface area (Å²) < 4.78 is 18.5. The van der Waals surface area contributed by atoms with Gasteiger partial charge >= 0.3 is 0 Å². The Bertz CT molecular complexity index is 526. The van der Waals surface area contributed by atoms with Gasteiger partial charge in [-0.05, 0) is 56.2 Å². The van der Waals surface area contributed by atoms with E-state index in [1.807, 2.05) is 26.1 Å². The number of nitrogens with zero attached hydrogens (tertiary/aromatic N) is 2. The highest BCUT2D eigenvalue weighted by Gasteiger charge is 2.42. The lowest BCUT2D eigenvalue weighted by Crippen LogP contribution is -2.39. The molecule has 0 unspecified atom stereocenters. The number of halogens is 1. The van der Waals surface area contributed by atoms with E-state index in [1.54, 1.807) is 0 Å². The average Bonchev–Trinajstić information content (AvgIpc) is 3.34. The highest BCUT2D eigenvalue weighted by Crippen LogP contribution is 2.49. The van der Waals surface area contributed by atoms with Crippen molar-refractivity contribution < 1.29 is 9.13 Å². The normalized spacial score (nSPS) is 16.1. The summed E-state index contributed by atoms with van der Waals surface area (Å²) in [5.41, 5.74) is 1.41. The molecule has 0 atom stereocenters. The number of aliphatic imine (C=N–C) groups is 1. The van der Waals surface area contributed by atoms with Crippen LogP contribution in [0.1, 0.15) is 38.7 Å². The van der Waals surface area contributed by atoms with Crippen molar-refractivity contribution in [1.82, 2.24) is 10.2 Å². The number of guanidine groups is 1. The Morgan fingerprint density at radius 1 is 1.29 bits per heavy atom. The first-order chi connectivity index (χ1) is 11.6. The van der Waals surface area contributed by atoms with Crippen LogP contribution in [0, 0.1) is 11.2 Å². The monoisotopic (exact) mass is 335 g/mol. The zero-order valence-corrected chi connectivity index (χ0v) is 15.1. The number of ether oxygens (including phenoxy) is 1. The molecule has 0 amide bonds. The summed E-state index contributed by atoms with van der Waals surface area (Å²) in [5, 5.41) is 3.35. The Hall–Kier alpha value is -1.62. The average molecular weight is 335 g/mol. The lowest BCUT2D eigenvalue weighted by molar-refractivity contribution is 0.129. The van der Waals surface area contributed by atoms with E-state index in [0.717, 1.165) is 44.2 Å². The molecular formula is C19H30FN3O. The quantitative estimate of drug-likeness (QED) is 0.427. The maximum atomic E-state index is 13.0. The predicted octanol–water partition coefficient (Wildman–Crippen LogP) is 3.43. The predicted molar refractivity (Wildman–Crippen MR) is 96.6 cm³/mol. The van der Waals surface area contributed by atoms with Gasteiger partial charge in [0.05, 0.1) is 0 Å². The molecule has 134 valence electrons. The fraction of sp³-hybridized carbons (Fsp3) is 0.632. The lowest BCUT2D eigenvalue weighted by atomic mass is 10.0. The molecule has 5 heteroatoms. The summed E-state index contributed by atoms with van der Waals surface area (Å²) >= 11 is 0. The lowest BCUT2D eigenvalue weighted by Gasteiger charge is -2.23. The van der Waals surface area contributed by atoms with Gasteiger partial charge in [0.1, 0.15) is 5.82 Å². The molecule has 1 aliphatic rings. The van der Waals surface area contributed by atoms with Gasteiger partial charge in [0.15, 0.2) is 5.96 Å². The Labute approximate surface area is 145 Å². The summed E-state index contributed by atoms with van der Waals surface area (Å²) in [5.74, 6) is 0.705. The number of hydrogen-bond donors (Lipinski definition) is 1. The van der Waals surface area contributed by atoms with E-state index in [1.165, 1.54) is 25.0 Å². The molecule has 0 bridgehead atoms. The van der Waals surface area contributed by atoms with Crippen molar-refractivity contribution in [3.05, 3.63) is 35.6 Å². The molecule has 1 aliphatic carbocycles. The molecule has 24 heavy (non-hydrogen) atoms. The van der Waals surface area contributed by atoms with E-state index in [9.17, 15) is 4.39 Å². The van der Waals surface area contributed by atoms with Gasteiger partial charge in [0, 0.05) is 39.9 Å².